The van der Waals surface area contributed by atoms with Crippen molar-refractivity contribution in [2.75, 3.05) is 25.0 Å². The van der Waals surface area contributed by atoms with Gasteiger partial charge in [-0.1, -0.05) is 54.5 Å². The predicted molar refractivity (Wildman–Crippen MR) is 105 cm³/mol. The number of terminal acetylenes is 1. The third-order valence-electron chi connectivity index (χ3n) is 4.85. The van der Waals surface area contributed by atoms with Crippen LogP contribution in [0.5, 0.6) is 0 Å². The van der Waals surface area contributed by atoms with Gasteiger partial charge in [0, 0.05) is 11.8 Å². The zero-order chi connectivity index (χ0) is 18.4. The second-order valence-electron chi connectivity index (χ2n) is 6.56. The van der Waals surface area contributed by atoms with Crippen LogP contribution in [0.3, 0.4) is 0 Å². The van der Waals surface area contributed by atoms with Crippen LogP contribution >= 0.6 is 11.3 Å². The van der Waals surface area contributed by atoms with Crippen LogP contribution in [0.25, 0.3) is 0 Å². The monoisotopic (exact) mass is 368 g/mol. The number of carbonyl (C=O) groups excluding carboxylic acids is 1. The van der Waals surface area contributed by atoms with E-state index in [4.69, 9.17) is 6.42 Å². The molecule has 1 amide bonds. The maximum Gasteiger partial charge on any atom is 0.229 e. The highest BCUT2D eigenvalue weighted by Gasteiger charge is 2.26. The summed E-state index contributed by atoms with van der Waals surface area (Å²) in [6.45, 7) is 4.54. The fraction of sp³-hybridized carbons (Fsp3) is 0.450. The standard InChI is InChI=1S/C20H24N4OS/c1-3-12-24-13-10-16(11-14-24)18(25)21-20-23-22-19(26-20)17(4-2)15-8-6-5-7-9-15/h1,5-9,16-17H,4,10-14H2,2H3,(H,21,23,25)/t17-/m1/s1. The number of piperidine rings is 1. The molecule has 1 N–H and O–H groups in total. The lowest BCUT2D eigenvalue weighted by Gasteiger charge is -2.29. The highest BCUT2D eigenvalue weighted by Crippen LogP contribution is 2.31. The molecule has 1 atom stereocenters. The zero-order valence-electron chi connectivity index (χ0n) is 15.0. The first-order chi connectivity index (χ1) is 12.7. The van der Waals surface area contributed by atoms with Crippen molar-refractivity contribution >= 4 is 22.4 Å². The molecule has 2 heterocycles. The molecular weight excluding hydrogens is 344 g/mol. The molecule has 26 heavy (non-hydrogen) atoms. The number of nitrogens with one attached hydrogen (secondary N) is 1. The molecule has 3 rings (SSSR count). The Labute approximate surface area is 158 Å². The fourth-order valence-corrected chi connectivity index (χ4v) is 4.31. The molecule has 1 aromatic heterocycles. The molecule has 0 unspecified atom stereocenters. The van der Waals surface area contributed by atoms with E-state index < -0.39 is 0 Å². The molecule has 0 bridgehead atoms. The lowest BCUT2D eigenvalue weighted by atomic mass is 9.96. The summed E-state index contributed by atoms with van der Waals surface area (Å²) in [6.07, 6.45) is 7.96. The van der Waals surface area contributed by atoms with Crippen molar-refractivity contribution in [2.45, 2.75) is 32.1 Å². The molecule has 1 aliphatic heterocycles. The average Bonchev–Trinajstić information content (AvgIpc) is 3.12. The van der Waals surface area contributed by atoms with E-state index in [-0.39, 0.29) is 17.7 Å². The van der Waals surface area contributed by atoms with Gasteiger partial charge in [0.25, 0.3) is 0 Å². The van der Waals surface area contributed by atoms with E-state index in [1.54, 1.807) is 0 Å². The number of nitrogens with zero attached hydrogens (tertiary/aromatic N) is 3. The normalized spacial score (nSPS) is 16.8. The van der Waals surface area contributed by atoms with Crippen molar-refractivity contribution in [3.05, 3.63) is 40.9 Å². The minimum Gasteiger partial charge on any atom is -0.300 e. The number of hydrogen-bond donors (Lipinski definition) is 1. The first kappa shape index (κ1) is 18.6. The van der Waals surface area contributed by atoms with Crippen LogP contribution in [-0.4, -0.2) is 40.6 Å². The van der Waals surface area contributed by atoms with Gasteiger partial charge in [-0.05, 0) is 37.9 Å². The molecule has 0 spiro atoms. The van der Waals surface area contributed by atoms with Gasteiger partial charge in [-0.25, -0.2) is 0 Å². The van der Waals surface area contributed by atoms with Crippen molar-refractivity contribution < 1.29 is 4.79 Å². The van der Waals surface area contributed by atoms with Crippen LogP contribution in [-0.2, 0) is 4.79 Å². The Morgan fingerprint density at radius 1 is 1.35 bits per heavy atom. The van der Waals surface area contributed by atoms with Gasteiger partial charge in [0.2, 0.25) is 11.0 Å². The number of amides is 1. The maximum atomic E-state index is 12.5. The maximum absolute atomic E-state index is 12.5. The lowest BCUT2D eigenvalue weighted by Crippen LogP contribution is -2.38. The molecule has 1 fully saturated rings. The SMILES string of the molecule is C#CCN1CCC(C(=O)Nc2nnc([C@H](CC)c3ccccc3)s2)CC1. The average molecular weight is 369 g/mol. The Morgan fingerprint density at radius 3 is 2.73 bits per heavy atom. The topological polar surface area (TPSA) is 58.1 Å². The third-order valence-corrected chi connectivity index (χ3v) is 5.80. The molecule has 0 saturated carbocycles. The van der Waals surface area contributed by atoms with Gasteiger partial charge in [0.05, 0.1) is 6.54 Å². The summed E-state index contributed by atoms with van der Waals surface area (Å²) >= 11 is 1.47. The van der Waals surface area contributed by atoms with E-state index in [9.17, 15) is 4.79 Å². The molecule has 5 nitrogen and oxygen atoms in total. The molecular formula is C20H24N4OS. The summed E-state index contributed by atoms with van der Waals surface area (Å²) in [4.78, 5) is 14.7. The van der Waals surface area contributed by atoms with E-state index in [1.165, 1.54) is 16.9 Å². The van der Waals surface area contributed by atoms with Crippen LogP contribution < -0.4 is 5.32 Å². The van der Waals surface area contributed by atoms with Crippen molar-refractivity contribution in [3.8, 4) is 12.3 Å². The Hall–Kier alpha value is -2.23. The Morgan fingerprint density at radius 2 is 2.08 bits per heavy atom. The molecule has 1 saturated heterocycles. The van der Waals surface area contributed by atoms with Gasteiger partial charge in [-0.2, -0.15) is 0 Å². The fourth-order valence-electron chi connectivity index (χ4n) is 3.35. The Bertz CT molecular complexity index is 760. The summed E-state index contributed by atoms with van der Waals surface area (Å²) in [6, 6.07) is 10.3. The van der Waals surface area contributed by atoms with Gasteiger partial charge in [0.15, 0.2) is 0 Å². The van der Waals surface area contributed by atoms with Crippen LogP contribution in [0.4, 0.5) is 5.13 Å². The van der Waals surface area contributed by atoms with E-state index in [0.29, 0.717) is 11.7 Å². The van der Waals surface area contributed by atoms with E-state index in [0.717, 1.165) is 37.4 Å². The number of hydrogen-bond acceptors (Lipinski definition) is 5. The molecule has 1 aromatic carbocycles. The zero-order valence-corrected chi connectivity index (χ0v) is 15.8. The Kier molecular flexibility index (Phi) is 6.37. The quantitative estimate of drug-likeness (QED) is 0.795. The highest BCUT2D eigenvalue weighted by atomic mass is 32.1. The number of likely N-dealkylation sites (tertiary alicyclic amines) is 1. The second-order valence-corrected chi connectivity index (χ2v) is 7.57. The number of benzene rings is 1. The summed E-state index contributed by atoms with van der Waals surface area (Å²) in [7, 11) is 0. The summed E-state index contributed by atoms with van der Waals surface area (Å²) < 4.78 is 0. The van der Waals surface area contributed by atoms with Crippen LogP contribution in [0, 0.1) is 18.3 Å². The van der Waals surface area contributed by atoms with Gasteiger partial charge >= 0.3 is 0 Å². The number of carbonyl (C=O) groups is 1. The first-order valence-corrected chi connectivity index (χ1v) is 9.88. The summed E-state index contributed by atoms with van der Waals surface area (Å²) in [5.74, 6) is 2.94. The smallest absolute Gasteiger partial charge is 0.229 e. The van der Waals surface area contributed by atoms with Gasteiger partial charge in [0.1, 0.15) is 5.01 Å². The predicted octanol–water partition coefficient (Wildman–Crippen LogP) is 3.36. The molecule has 6 heteroatoms. The first-order valence-electron chi connectivity index (χ1n) is 9.06. The Balaban J connectivity index is 1.60. The van der Waals surface area contributed by atoms with Crippen molar-refractivity contribution in [1.82, 2.24) is 15.1 Å². The van der Waals surface area contributed by atoms with Crippen molar-refractivity contribution in [2.24, 2.45) is 5.92 Å². The second kappa shape index (κ2) is 8.93. The van der Waals surface area contributed by atoms with Crippen molar-refractivity contribution in [1.29, 1.82) is 0 Å². The van der Waals surface area contributed by atoms with Gasteiger partial charge in [-0.3, -0.25) is 9.69 Å². The molecule has 0 radical (unpaired) electrons. The van der Waals surface area contributed by atoms with Crippen molar-refractivity contribution in [3.63, 3.8) is 0 Å². The molecule has 1 aliphatic rings. The summed E-state index contributed by atoms with van der Waals surface area (Å²) in [5.41, 5.74) is 1.23. The summed E-state index contributed by atoms with van der Waals surface area (Å²) in [5, 5.41) is 13.0. The van der Waals surface area contributed by atoms with Crippen LogP contribution in [0.1, 0.15) is 42.7 Å². The van der Waals surface area contributed by atoms with Gasteiger partial charge in [-0.15, -0.1) is 16.6 Å². The van der Waals surface area contributed by atoms with Gasteiger partial charge < -0.3 is 5.32 Å². The van der Waals surface area contributed by atoms with E-state index in [2.05, 4.69) is 45.4 Å². The molecule has 0 aliphatic carbocycles. The van der Waals surface area contributed by atoms with E-state index in [1.807, 2.05) is 18.2 Å². The number of anilines is 1. The largest absolute Gasteiger partial charge is 0.300 e. The minimum atomic E-state index is 0.0208. The third kappa shape index (κ3) is 4.48. The molecule has 2 aromatic rings. The van der Waals surface area contributed by atoms with E-state index >= 15 is 0 Å². The number of rotatable bonds is 6. The lowest BCUT2D eigenvalue weighted by molar-refractivity contribution is -0.121. The number of aromatic nitrogens is 2. The highest BCUT2D eigenvalue weighted by molar-refractivity contribution is 7.15. The minimum absolute atomic E-state index is 0.0208. The van der Waals surface area contributed by atoms with Crippen LogP contribution in [0.2, 0.25) is 0 Å². The molecule has 136 valence electrons. The van der Waals surface area contributed by atoms with Crippen LogP contribution in [0.15, 0.2) is 30.3 Å².